The minimum Gasteiger partial charge on any atom is -0.354 e. The molecule has 0 saturated carbocycles. The molecular formula is C30H22N2. The third-order valence-electron chi connectivity index (χ3n) is 6.92. The summed E-state index contributed by atoms with van der Waals surface area (Å²) in [6.07, 6.45) is 0. The Morgan fingerprint density at radius 2 is 1.28 bits per heavy atom. The molecule has 2 nitrogen and oxygen atoms in total. The molecule has 1 N–H and O–H groups in total. The van der Waals surface area contributed by atoms with Crippen LogP contribution in [0.3, 0.4) is 0 Å². The summed E-state index contributed by atoms with van der Waals surface area (Å²) in [6, 6.07) is 35.4. The van der Waals surface area contributed by atoms with Gasteiger partial charge in [0, 0.05) is 50.0 Å². The van der Waals surface area contributed by atoms with Crippen LogP contribution in [0.4, 0.5) is 0 Å². The number of nitrogens with zero attached hydrogens (tertiary/aromatic N) is 1. The Bertz CT molecular complexity index is 1810. The summed E-state index contributed by atoms with van der Waals surface area (Å²) in [6.45, 7) is 3.18. The highest BCUT2D eigenvalue weighted by molar-refractivity contribution is 6.21. The molecule has 2 heteroatoms. The standard InChI is InChI=1S/C30H22N2/c1-2-32-28-14-8-6-11-22(28)23-16-15-19(17-29(23)32)25-18-26-21-10-5-7-13-27(21)31-30(26)24-12-4-3-9-20(24)25/h3-18,31H,2H2,1H3. The lowest BCUT2D eigenvalue weighted by Crippen LogP contribution is -1.93. The molecule has 0 aliphatic rings. The van der Waals surface area contributed by atoms with Gasteiger partial charge in [-0.25, -0.2) is 0 Å². The Morgan fingerprint density at radius 1 is 0.594 bits per heavy atom. The van der Waals surface area contributed by atoms with E-state index in [4.69, 9.17) is 0 Å². The molecule has 2 heterocycles. The number of aryl methyl sites for hydroxylation is 1. The van der Waals surface area contributed by atoms with Gasteiger partial charge in [0.05, 0.1) is 5.52 Å². The van der Waals surface area contributed by atoms with Gasteiger partial charge >= 0.3 is 0 Å². The van der Waals surface area contributed by atoms with E-state index in [0.29, 0.717) is 0 Å². The van der Waals surface area contributed by atoms with Crippen LogP contribution in [-0.2, 0) is 6.54 Å². The van der Waals surface area contributed by atoms with Crippen LogP contribution in [-0.4, -0.2) is 9.55 Å². The number of H-pyrrole nitrogens is 1. The summed E-state index contributed by atoms with van der Waals surface area (Å²) in [5.41, 5.74) is 7.56. The van der Waals surface area contributed by atoms with Gasteiger partial charge in [-0.15, -0.1) is 0 Å². The lowest BCUT2D eigenvalue weighted by molar-refractivity contribution is 0.827. The van der Waals surface area contributed by atoms with Gasteiger partial charge in [0.25, 0.3) is 0 Å². The van der Waals surface area contributed by atoms with Crippen LogP contribution in [0.2, 0.25) is 0 Å². The monoisotopic (exact) mass is 410 g/mol. The smallest absolute Gasteiger partial charge is 0.0544 e. The topological polar surface area (TPSA) is 20.7 Å². The van der Waals surface area contributed by atoms with Crippen LogP contribution in [0.25, 0.3) is 65.5 Å². The third-order valence-corrected chi connectivity index (χ3v) is 6.92. The zero-order valence-corrected chi connectivity index (χ0v) is 17.9. The summed E-state index contributed by atoms with van der Waals surface area (Å²) in [5.74, 6) is 0. The third kappa shape index (κ3) is 2.29. The fourth-order valence-corrected chi connectivity index (χ4v) is 5.48. The first-order valence-corrected chi connectivity index (χ1v) is 11.3. The molecule has 2 aromatic heterocycles. The molecular weight excluding hydrogens is 388 g/mol. The normalized spacial score (nSPS) is 12.0. The van der Waals surface area contributed by atoms with E-state index >= 15 is 0 Å². The van der Waals surface area contributed by atoms with Crippen molar-refractivity contribution in [3.8, 4) is 11.1 Å². The van der Waals surface area contributed by atoms with Crippen molar-refractivity contribution >= 4 is 54.4 Å². The molecule has 0 saturated heterocycles. The number of aromatic amines is 1. The number of benzene rings is 5. The first-order chi connectivity index (χ1) is 15.8. The number of aromatic nitrogens is 2. The molecule has 32 heavy (non-hydrogen) atoms. The van der Waals surface area contributed by atoms with Gasteiger partial charge < -0.3 is 9.55 Å². The van der Waals surface area contributed by atoms with E-state index in [1.807, 2.05) is 0 Å². The van der Waals surface area contributed by atoms with Crippen molar-refractivity contribution in [2.75, 3.05) is 0 Å². The summed E-state index contributed by atoms with van der Waals surface area (Å²) in [5, 5.41) is 7.76. The molecule has 0 amide bonds. The van der Waals surface area contributed by atoms with Crippen LogP contribution >= 0.6 is 0 Å². The maximum atomic E-state index is 3.66. The van der Waals surface area contributed by atoms with Crippen molar-refractivity contribution in [2.24, 2.45) is 0 Å². The lowest BCUT2D eigenvalue weighted by atomic mass is 9.94. The Kier molecular flexibility index (Phi) is 3.57. The first-order valence-electron chi connectivity index (χ1n) is 11.3. The van der Waals surface area contributed by atoms with Gasteiger partial charge in [-0.2, -0.15) is 0 Å². The second kappa shape index (κ2) is 6.48. The van der Waals surface area contributed by atoms with E-state index in [2.05, 4.69) is 114 Å². The molecule has 7 rings (SSSR count). The van der Waals surface area contributed by atoms with E-state index in [9.17, 15) is 0 Å². The van der Waals surface area contributed by atoms with Gasteiger partial charge in [0.15, 0.2) is 0 Å². The van der Waals surface area contributed by atoms with E-state index in [-0.39, 0.29) is 0 Å². The van der Waals surface area contributed by atoms with E-state index in [0.717, 1.165) is 6.54 Å². The summed E-state index contributed by atoms with van der Waals surface area (Å²) >= 11 is 0. The molecule has 0 atom stereocenters. The molecule has 0 unspecified atom stereocenters. The summed E-state index contributed by atoms with van der Waals surface area (Å²) in [7, 11) is 0. The highest BCUT2D eigenvalue weighted by atomic mass is 15.0. The minimum atomic E-state index is 0.954. The van der Waals surface area contributed by atoms with Crippen molar-refractivity contribution in [3.05, 3.63) is 97.1 Å². The first kappa shape index (κ1) is 17.6. The fourth-order valence-electron chi connectivity index (χ4n) is 5.48. The molecule has 152 valence electrons. The largest absolute Gasteiger partial charge is 0.354 e. The van der Waals surface area contributed by atoms with Crippen molar-refractivity contribution in [1.29, 1.82) is 0 Å². The van der Waals surface area contributed by atoms with E-state index < -0.39 is 0 Å². The van der Waals surface area contributed by atoms with Crippen LogP contribution in [0.5, 0.6) is 0 Å². The molecule has 0 bridgehead atoms. The number of hydrogen-bond acceptors (Lipinski definition) is 0. The maximum absolute atomic E-state index is 3.66. The minimum absolute atomic E-state index is 0.954. The average Bonchev–Trinajstić information content (AvgIpc) is 3.38. The zero-order chi connectivity index (χ0) is 21.2. The zero-order valence-electron chi connectivity index (χ0n) is 17.9. The van der Waals surface area contributed by atoms with Crippen LogP contribution in [0.15, 0.2) is 97.1 Å². The molecule has 0 spiro atoms. The highest BCUT2D eigenvalue weighted by Gasteiger charge is 2.15. The van der Waals surface area contributed by atoms with Gasteiger partial charge in [-0.05, 0) is 47.7 Å². The van der Waals surface area contributed by atoms with Crippen molar-refractivity contribution < 1.29 is 0 Å². The fraction of sp³-hybridized carbons (Fsp3) is 0.0667. The molecule has 5 aromatic carbocycles. The Hall–Kier alpha value is -4.04. The Labute approximate surface area is 185 Å². The molecule has 0 fully saturated rings. The quantitative estimate of drug-likeness (QED) is 0.296. The van der Waals surface area contributed by atoms with Gasteiger partial charge in [0.2, 0.25) is 0 Å². The van der Waals surface area contributed by atoms with Crippen LogP contribution < -0.4 is 0 Å². The number of fused-ring (bicyclic) bond motifs is 8. The van der Waals surface area contributed by atoms with Gasteiger partial charge in [0.1, 0.15) is 0 Å². The summed E-state index contributed by atoms with van der Waals surface area (Å²) < 4.78 is 2.43. The Balaban J connectivity index is 1.60. The van der Waals surface area contributed by atoms with Crippen molar-refractivity contribution in [1.82, 2.24) is 9.55 Å². The predicted molar refractivity (Wildman–Crippen MR) is 137 cm³/mol. The second-order valence-electron chi connectivity index (χ2n) is 8.56. The number of hydrogen-bond donors (Lipinski definition) is 1. The van der Waals surface area contributed by atoms with Crippen LogP contribution in [0.1, 0.15) is 6.92 Å². The summed E-state index contributed by atoms with van der Waals surface area (Å²) in [4.78, 5) is 3.66. The van der Waals surface area contributed by atoms with Gasteiger partial charge in [-0.3, -0.25) is 0 Å². The lowest BCUT2D eigenvalue weighted by Gasteiger charge is -2.10. The molecule has 0 aliphatic heterocycles. The van der Waals surface area contributed by atoms with E-state index in [1.165, 1.54) is 65.5 Å². The average molecular weight is 411 g/mol. The number of para-hydroxylation sites is 2. The molecule has 0 radical (unpaired) electrons. The van der Waals surface area contributed by atoms with E-state index in [1.54, 1.807) is 0 Å². The number of nitrogens with one attached hydrogen (secondary N) is 1. The van der Waals surface area contributed by atoms with Crippen LogP contribution in [0, 0.1) is 0 Å². The second-order valence-corrected chi connectivity index (χ2v) is 8.56. The Morgan fingerprint density at radius 3 is 2.12 bits per heavy atom. The van der Waals surface area contributed by atoms with Gasteiger partial charge in [-0.1, -0.05) is 72.8 Å². The molecule has 7 aromatic rings. The predicted octanol–water partition coefficient (Wildman–Crippen LogP) is 8.27. The van der Waals surface area contributed by atoms with Crippen molar-refractivity contribution in [3.63, 3.8) is 0 Å². The molecule has 0 aliphatic carbocycles. The SMILES string of the molecule is CCn1c2ccccc2c2ccc(-c3cc4c5ccccc5[nH]c4c4ccccc34)cc21. The maximum Gasteiger partial charge on any atom is 0.0544 e. The highest BCUT2D eigenvalue weighted by Crippen LogP contribution is 2.39. The van der Waals surface area contributed by atoms with Crippen molar-refractivity contribution in [2.45, 2.75) is 13.5 Å². The number of rotatable bonds is 2.